The molecule has 2 nitrogen and oxygen atoms in total. The van der Waals surface area contributed by atoms with E-state index in [-0.39, 0.29) is 5.97 Å². The summed E-state index contributed by atoms with van der Waals surface area (Å²) in [6, 6.07) is 0. The topological polar surface area (TPSA) is 26.3 Å². The number of hydrogen-bond acceptors (Lipinski definition) is 2. The molecule has 0 aliphatic carbocycles. The number of terminal acetylenes is 1. The van der Waals surface area contributed by atoms with Crippen LogP contribution in [0.2, 0.25) is 0 Å². The second-order valence-corrected chi connectivity index (χ2v) is 0.956. The molecule has 0 bridgehead atoms. The van der Waals surface area contributed by atoms with E-state index in [0.717, 1.165) is 6.08 Å². The van der Waals surface area contributed by atoms with Crippen molar-refractivity contribution in [2.45, 2.75) is 6.92 Å². The van der Waals surface area contributed by atoms with Gasteiger partial charge < -0.3 is 4.74 Å². The smallest absolute Gasteiger partial charge is 0.330 e. The molecule has 0 rings (SSSR count). The molecule has 0 unspecified atom stereocenters. The monoisotopic (exact) mass is 126 g/mol. The Bertz CT molecular complexity index is 103. The molecule has 2 heteroatoms. The van der Waals surface area contributed by atoms with Gasteiger partial charge in [0.2, 0.25) is 0 Å². The highest BCUT2D eigenvalue weighted by Gasteiger charge is 1.86. The third-order valence-electron chi connectivity index (χ3n) is 0.453. The van der Waals surface area contributed by atoms with Crippen LogP contribution in [-0.2, 0) is 9.53 Å². The predicted octanol–water partition coefficient (Wildman–Crippen LogP) is 0.985. The molecule has 0 heterocycles. The van der Waals surface area contributed by atoms with Gasteiger partial charge in [0, 0.05) is 6.08 Å². The van der Waals surface area contributed by atoms with E-state index in [2.05, 4.69) is 24.2 Å². The molecule has 0 aromatic carbocycles. The van der Waals surface area contributed by atoms with Gasteiger partial charge in [-0.1, -0.05) is 6.58 Å². The molecule has 0 aromatic heterocycles. The van der Waals surface area contributed by atoms with Crippen LogP contribution in [0, 0.1) is 12.8 Å². The minimum Gasteiger partial charge on any atom is -0.463 e. The van der Waals surface area contributed by atoms with Gasteiger partial charge in [-0.15, -0.1) is 12.8 Å². The second-order valence-electron chi connectivity index (χ2n) is 0.956. The average molecular weight is 126 g/mol. The number of rotatable bonds is 2. The Morgan fingerprint density at radius 2 is 2.22 bits per heavy atom. The largest absolute Gasteiger partial charge is 0.463 e. The highest BCUT2D eigenvalue weighted by molar-refractivity contribution is 5.81. The number of esters is 1. The molecule has 0 fully saturated rings. The van der Waals surface area contributed by atoms with E-state index >= 15 is 0 Å². The van der Waals surface area contributed by atoms with Crippen molar-refractivity contribution in [3.63, 3.8) is 0 Å². The van der Waals surface area contributed by atoms with Gasteiger partial charge in [-0.3, -0.25) is 0 Å². The predicted molar refractivity (Wildman–Crippen MR) is 36.7 cm³/mol. The summed E-state index contributed by atoms with van der Waals surface area (Å²) in [4.78, 5) is 10.1. The molecule has 0 spiro atoms. The van der Waals surface area contributed by atoms with E-state index in [4.69, 9.17) is 0 Å². The first kappa shape index (κ1) is 10.7. The molecule has 0 atom stereocenters. The van der Waals surface area contributed by atoms with Gasteiger partial charge in [0.25, 0.3) is 0 Å². The van der Waals surface area contributed by atoms with E-state index in [0.29, 0.717) is 6.61 Å². The zero-order chi connectivity index (χ0) is 7.70. The van der Waals surface area contributed by atoms with Crippen molar-refractivity contribution in [1.82, 2.24) is 0 Å². The quantitative estimate of drug-likeness (QED) is 0.313. The van der Waals surface area contributed by atoms with Crippen LogP contribution in [-0.4, -0.2) is 12.6 Å². The van der Waals surface area contributed by atoms with Crippen molar-refractivity contribution in [1.29, 1.82) is 0 Å². The summed E-state index contributed by atoms with van der Waals surface area (Å²) in [5.74, 6) is -0.359. The first-order chi connectivity index (χ1) is 4.31. The van der Waals surface area contributed by atoms with Crippen LogP contribution in [0.4, 0.5) is 0 Å². The lowest BCUT2D eigenvalue weighted by Gasteiger charge is -1.90. The minimum atomic E-state index is -0.359. The zero-order valence-corrected chi connectivity index (χ0v) is 5.46. The van der Waals surface area contributed by atoms with E-state index in [9.17, 15) is 4.79 Å². The minimum absolute atomic E-state index is 0.359. The normalized spacial score (nSPS) is 6.11. The molecule has 0 amide bonds. The van der Waals surface area contributed by atoms with Gasteiger partial charge in [-0.2, -0.15) is 0 Å². The molecular formula is C7H10O2. The third-order valence-corrected chi connectivity index (χ3v) is 0.453. The standard InChI is InChI=1S/C5H8O2.C2H2/c1-3-5(6)7-4-2;1-2/h3H,1,4H2,2H3;1-2H. The van der Waals surface area contributed by atoms with Gasteiger partial charge >= 0.3 is 5.97 Å². The number of hydrogen-bond donors (Lipinski definition) is 0. The van der Waals surface area contributed by atoms with Crippen LogP contribution in [0.5, 0.6) is 0 Å². The fourth-order valence-corrected chi connectivity index (χ4v) is 0.201. The summed E-state index contributed by atoms with van der Waals surface area (Å²) in [6.45, 7) is 5.38. The molecule has 0 N–H and O–H groups in total. The number of carbonyl (C=O) groups is 1. The van der Waals surface area contributed by atoms with Crippen molar-refractivity contribution in [3.05, 3.63) is 12.7 Å². The molecule has 9 heavy (non-hydrogen) atoms. The molecule has 0 radical (unpaired) electrons. The summed E-state index contributed by atoms with van der Waals surface area (Å²) >= 11 is 0. The van der Waals surface area contributed by atoms with Crippen LogP contribution >= 0.6 is 0 Å². The van der Waals surface area contributed by atoms with E-state index in [1.807, 2.05) is 0 Å². The van der Waals surface area contributed by atoms with Crippen LogP contribution in [0.25, 0.3) is 0 Å². The van der Waals surface area contributed by atoms with Gasteiger partial charge in [0.1, 0.15) is 0 Å². The summed E-state index contributed by atoms with van der Waals surface area (Å²) in [7, 11) is 0. The SMILES string of the molecule is C#C.C=CC(=O)OCC. The van der Waals surface area contributed by atoms with Crippen LogP contribution in [0.1, 0.15) is 6.92 Å². The van der Waals surface area contributed by atoms with E-state index in [1.54, 1.807) is 6.92 Å². The maximum atomic E-state index is 10.1. The fourth-order valence-electron chi connectivity index (χ4n) is 0.201. The van der Waals surface area contributed by atoms with Crippen molar-refractivity contribution in [2.75, 3.05) is 6.61 Å². The van der Waals surface area contributed by atoms with Crippen molar-refractivity contribution in [3.8, 4) is 12.8 Å². The Hall–Kier alpha value is -1.23. The van der Waals surface area contributed by atoms with Crippen LogP contribution in [0.15, 0.2) is 12.7 Å². The Labute approximate surface area is 55.5 Å². The first-order valence-electron chi connectivity index (χ1n) is 2.43. The molecule has 0 aliphatic rings. The maximum absolute atomic E-state index is 10.1. The number of ether oxygens (including phenoxy) is 1. The Balaban J connectivity index is 0. The van der Waals surface area contributed by atoms with E-state index < -0.39 is 0 Å². The summed E-state index contributed by atoms with van der Waals surface area (Å²) in [5.41, 5.74) is 0. The van der Waals surface area contributed by atoms with Crippen molar-refractivity contribution < 1.29 is 9.53 Å². The lowest BCUT2D eigenvalue weighted by atomic mass is 10.6. The fraction of sp³-hybridized carbons (Fsp3) is 0.286. The lowest BCUT2D eigenvalue weighted by molar-refractivity contribution is -0.137. The Kier molecular flexibility index (Phi) is 11.8. The molecule has 0 aliphatic heterocycles. The maximum Gasteiger partial charge on any atom is 0.330 e. The van der Waals surface area contributed by atoms with E-state index in [1.165, 1.54) is 0 Å². The Morgan fingerprint density at radius 3 is 2.33 bits per heavy atom. The van der Waals surface area contributed by atoms with Crippen LogP contribution < -0.4 is 0 Å². The second kappa shape index (κ2) is 9.91. The van der Waals surface area contributed by atoms with Crippen molar-refractivity contribution >= 4 is 5.97 Å². The zero-order valence-electron chi connectivity index (χ0n) is 5.46. The molecular weight excluding hydrogens is 116 g/mol. The first-order valence-corrected chi connectivity index (χ1v) is 2.43. The van der Waals surface area contributed by atoms with Crippen molar-refractivity contribution in [2.24, 2.45) is 0 Å². The molecule has 0 aromatic rings. The van der Waals surface area contributed by atoms with Crippen LogP contribution in [0.3, 0.4) is 0 Å². The van der Waals surface area contributed by atoms with Gasteiger partial charge in [-0.05, 0) is 6.92 Å². The summed E-state index contributed by atoms with van der Waals surface area (Å²) < 4.78 is 4.43. The molecule has 50 valence electrons. The van der Waals surface area contributed by atoms with Gasteiger partial charge in [0.15, 0.2) is 0 Å². The van der Waals surface area contributed by atoms with Gasteiger partial charge in [0.05, 0.1) is 6.61 Å². The lowest BCUT2D eigenvalue weighted by Crippen LogP contribution is -1.97. The highest BCUT2D eigenvalue weighted by Crippen LogP contribution is 1.74. The molecule has 0 saturated carbocycles. The third kappa shape index (κ3) is 10.8. The summed E-state index contributed by atoms with van der Waals surface area (Å²) in [6.07, 6.45) is 9.14. The summed E-state index contributed by atoms with van der Waals surface area (Å²) in [5, 5.41) is 0. The average Bonchev–Trinajstić information content (AvgIpc) is 1.93. The van der Waals surface area contributed by atoms with Gasteiger partial charge in [-0.25, -0.2) is 4.79 Å². The molecule has 0 saturated heterocycles. The highest BCUT2D eigenvalue weighted by atomic mass is 16.5. The Morgan fingerprint density at radius 1 is 1.78 bits per heavy atom. The number of carbonyl (C=O) groups excluding carboxylic acids is 1.